The molecule has 0 spiro atoms. The summed E-state index contributed by atoms with van der Waals surface area (Å²) in [6, 6.07) is 0.374. The van der Waals surface area contributed by atoms with Crippen LogP contribution >= 0.6 is 22.6 Å². The Hall–Kier alpha value is -0.430. The zero-order chi connectivity index (χ0) is 9.26. The SMILES string of the molecule is OC1CC(Nc2ncncc2I)C1. The van der Waals surface area contributed by atoms with E-state index in [0.717, 1.165) is 22.2 Å². The highest BCUT2D eigenvalue weighted by atomic mass is 127. The number of aromatic nitrogens is 2. The Kier molecular flexibility index (Phi) is 2.63. The fourth-order valence-corrected chi connectivity index (χ4v) is 1.77. The number of nitrogens with zero attached hydrogens (tertiary/aromatic N) is 2. The molecule has 0 unspecified atom stereocenters. The molecule has 13 heavy (non-hydrogen) atoms. The molecule has 0 radical (unpaired) electrons. The molecule has 1 heterocycles. The first-order chi connectivity index (χ1) is 6.25. The largest absolute Gasteiger partial charge is 0.393 e. The Labute approximate surface area is 89.9 Å². The van der Waals surface area contributed by atoms with Crippen LogP contribution < -0.4 is 5.32 Å². The summed E-state index contributed by atoms with van der Waals surface area (Å²) in [7, 11) is 0. The van der Waals surface area contributed by atoms with Gasteiger partial charge in [0.25, 0.3) is 0 Å². The molecule has 0 atom stereocenters. The number of aliphatic hydroxyl groups is 1. The van der Waals surface area contributed by atoms with Gasteiger partial charge in [0.15, 0.2) is 0 Å². The number of nitrogens with one attached hydrogen (secondary N) is 1. The fraction of sp³-hybridized carbons (Fsp3) is 0.500. The van der Waals surface area contributed by atoms with Crippen molar-refractivity contribution in [3.63, 3.8) is 0 Å². The van der Waals surface area contributed by atoms with Gasteiger partial charge in [0, 0.05) is 12.2 Å². The van der Waals surface area contributed by atoms with Crippen molar-refractivity contribution in [1.82, 2.24) is 9.97 Å². The molecule has 70 valence electrons. The van der Waals surface area contributed by atoms with Gasteiger partial charge < -0.3 is 10.4 Å². The molecule has 2 rings (SSSR count). The van der Waals surface area contributed by atoms with Gasteiger partial charge >= 0.3 is 0 Å². The number of halogens is 1. The normalized spacial score (nSPS) is 26.6. The summed E-state index contributed by atoms with van der Waals surface area (Å²) in [5, 5.41) is 12.3. The highest BCUT2D eigenvalue weighted by molar-refractivity contribution is 14.1. The molecule has 0 saturated heterocycles. The second-order valence-electron chi connectivity index (χ2n) is 3.19. The number of hydrogen-bond acceptors (Lipinski definition) is 4. The highest BCUT2D eigenvalue weighted by Gasteiger charge is 2.27. The molecule has 4 nitrogen and oxygen atoms in total. The maximum Gasteiger partial charge on any atom is 0.143 e. The second kappa shape index (κ2) is 3.75. The molecule has 1 aromatic rings. The Morgan fingerprint density at radius 1 is 1.54 bits per heavy atom. The minimum absolute atomic E-state index is 0.128. The second-order valence-corrected chi connectivity index (χ2v) is 4.35. The standard InChI is InChI=1S/C8H10IN3O/c9-7-3-10-4-11-8(7)12-5-1-6(13)2-5/h3-6,13H,1-2H2,(H,10,11,12). The number of aliphatic hydroxyl groups excluding tert-OH is 1. The van der Waals surface area contributed by atoms with Gasteiger partial charge in [-0.05, 0) is 35.4 Å². The van der Waals surface area contributed by atoms with Gasteiger partial charge in [-0.3, -0.25) is 0 Å². The third-order valence-corrected chi connectivity index (χ3v) is 2.91. The Morgan fingerprint density at radius 3 is 2.92 bits per heavy atom. The first kappa shape index (κ1) is 9.14. The molecule has 1 aromatic heterocycles. The van der Waals surface area contributed by atoms with Crippen LogP contribution in [0.15, 0.2) is 12.5 Å². The molecule has 1 fully saturated rings. The number of hydrogen-bond donors (Lipinski definition) is 2. The minimum Gasteiger partial charge on any atom is -0.393 e. The third kappa shape index (κ3) is 2.08. The fourth-order valence-electron chi connectivity index (χ4n) is 1.32. The van der Waals surface area contributed by atoms with Crippen molar-refractivity contribution in [1.29, 1.82) is 0 Å². The van der Waals surface area contributed by atoms with Crippen LogP contribution in [0.1, 0.15) is 12.8 Å². The van der Waals surface area contributed by atoms with Crippen molar-refractivity contribution >= 4 is 28.4 Å². The predicted octanol–water partition coefficient (Wildman–Crippen LogP) is 1.02. The highest BCUT2D eigenvalue weighted by Crippen LogP contribution is 2.24. The van der Waals surface area contributed by atoms with Crippen LogP contribution in [0.3, 0.4) is 0 Å². The quantitative estimate of drug-likeness (QED) is 0.799. The zero-order valence-electron chi connectivity index (χ0n) is 6.94. The molecule has 1 saturated carbocycles. The molecule has 1 aliphatic carbocycles. The van der Waals surface area contributed by atoms with Crippen molar-refractivity contribution in [2.75, 3.05) is 5.32 Å². The van der Waals surface area contributed by atoms with Crippen LogP contribution in [0.5, 0.6) is 0 Å². The molecule has 0 bridgehead atoms. The smallest absolute Gasteiger partial charge is 0.143 e. The number of anilines is 1. The van der Waals surface area contributed by atoms with E-state index in [0.29, 0.717) is 6.04 Å². The summed E-state index contributed by atoms with van der Waals surface area (Å²) in [6.07, 6.45) is 4.81. The molecular weight excluding hydrogens is 281 g/mol. The van der Waals surface area contributed by atoms with E-state index in [-0.39, 0.29) is 6.10 Å². The molecule has 5 heteroatoms. The summed E-state index contributed by atoms with van der Waals surface area (Å²) < 4.78 is 1.02. The Morgan fingerprint density at radius 2 is 2.31 bits per heavy atom. The van der Waals surface area contributed by atoms with E-state index < -0.39 is 0 Å². The maximum atomic E-state index is 9.09. The van der Waals surface area contributed by atoms with Crippen LogP contribution in [0.25, 0.3) is 0 Å². The van der Waals surface area contributed by atoms with E-state index in [1.165, 1.54) is 6.33 Å². The lowest BCUT2D eigenvalue weighted by molar-refractivity contribution is 0.0835. The lowest BCUT2D eigenvalue weighted by atomic mass is 9.89. The van der Waals surface area contributed by atoms with Gasteiger partial charge in [0.2, 0.25) is 0 Å². The molecule has 0 aliphatic heterocycles. The monoisotopic (exact) mass is 291 g/mol. The zero-order valence-corrected chi connectivity index (χ0v) is 9.10. The summed E-state index contributed by atoms with van der Waals surface area (Å²) in [4.78, 5) is 8.02. The van der Waals surface area contributed by atoms with E-state index >= 15 is 0 Å². The van der Waals surface area contributed by atoms with E-state index in [1.54, 1.807) is 6.20 Å². The van der Waals surface area contributed by atoms with Crippen LogP contribution in [0.4, 0.5) is 5.82 Å². The van der Waals surface area contributed by atoms with Crippen LogP contribution in [-0.2, 0) is 0 Å². The topological polar surface area (TPSA) is 58.0 Å². The van der Waals surface area contributed by atoms with Crippen molar-refractivity contribution < 1.29 is 5.11 Å². The Balaban J connectivity index is 1.98. The van der Waals surface area contributed by atoms with Crippen LogP contribution in [0, 0.1) is 3.57 Å². The molecule has 2 N–H and O–H groups in total. The number of rotatable bonds is 2. The summed E-state index contributed by atoms with van der Waals surface area (Å²) in [5.74, 6) is 0.868. The van der Waals surface area contributed by atoms with Gasteiger partial charge in [-0.25, -0.2) is 9.97 Å². The first-order valence-corrected chi connectivity index (χ1v) is 5.23. The summed E-state index contributed by atoms with van der Waals surface area (Å²) in [5.41, 5.74) is 0. The average molecular weight is 291 g/mol. The van der Waals surface area contributed by atoms with Gasteiger partial charge in [-0.1, -0.05) is 0 Å². The van der Waals surface area contributed by atoms with E-state index in [1.807, 2.05) is 0 Å². The van der Waals surface area contributed by atoms with Gasteiger partial charge in [0.1, 0.15) is 12.1 Å². The summed E-state index contributed by atoms with van der Waals surface area (Å²) in [6.45, 7) is 0. The van der Waals surface area contributed by atoms with Crippen LogP contribution in [0.2, 0.25) is 0 Å². The summed E-state index contributed by atoms with van der Waals surface area (Å²) >= 11 is 2.19. The lowest BCUT2D eigenvalue weighted by Crippen LogP contribution is -2.39. The van der Waals surface area contributed by atoms with Crippen molar-refractivity contribution in [3.05, 3.63) is 16.1 Å². The third-order valence-electron chi connectivity index (χ3n) is 2.12. The molecular formula is C8H10IN3O. The van der Waals surface area contributed by atoms with Gasteiger partial charge in [-0.2, -0.15) is 0 Å². The van der Waals surface area contributed by atoms with E-state index in [9.17, 15) is 0 Å². The first-order valence-electron chi connectivity index (χ1n) is 4.16. The van der Waals surface area contributed by atoms with Crippen molar-refractivity contribution in [2.24, 2.45) is 0 Å². The molecule has 0 amide bonds. The van der Waals surface area contributed by atoms with E-state index in [2.05, 4.69) is 37.9 Å². The predicted molar refractivity (Wildman–Crippen MR) is 57.4 cm³/mol. The minimum atomic E-state index is -0.128. The van der Waals surface area contributed by atoms with Crippen molar-refractivity contribution in [3.8, 4) is 0 Å². The van der Waals surface area contributed by atoms with Crippen LogP contribution in [-0.4, -0.2) is 27.2 Å². The lowest BCUT2D eigenvalue weighted by Gasteiger charge is -2.32. The van der Waals surface area contributed by atoms with Crippen molar-refractivity contribution in [2.45, 2.75) is 25.0 Å². The van der Waals surface area contributed by atoms with E-state index in [4.69, 9.17) is 5.11 Å². The average Bonchev–Trinajstić information content (AvgIpc) is 2.06. The van der Waals surface area contributed by atoms with Gasteiger partial charge in [-0.15, -0.1) is 0 Å². The maximum absolute atomic E-state index is 9.09. The molecule has 0 aromatic carbocycles. The molecule has 1 aliphatic rings. The van der Waals surface area contributed by atoms with Gasteiger partial charge in [0.05, 0.1) is 9.67 Å². The Bertz CT molecular complexity index is 301.